The molecule has 0 unspecified atom stereocenters. The first kappa shape index (κ1) is 20.9. The lowest BCUT2D eigenvalue weighted by Gasteiger charge is -1.93. The van der Waals surface area contributed by atoms with Crippen molar-refractivity contribution < 1.29 is 4.92 Å². The number of aromatic nitrogens is 2. The lowest BCUT2D eigenvalue weighted by atomic mass is 10.3. The second-order valence-electron chi connectivity index (χ2n) is 5.22. The number of fused-ring (bicyclic) bond motifs is 1. The first-order chi connectivity index (χ1) is 12.8. The number of benzene rings is 2. The highest BCUT2D eigenvalue weighted by Crippen LogP contribution is 2.18. The predicted octanol–water partition coefficient (Wildman–Crippen LogP) is 5.01. The molecule has 0 N–H and O–H groups in total. The third-order valence-corrected chi connectivity index (χ3v) is 3.56. The van der Waals surface area contributed by atoms with Crippen molar-refractivity contribution in [3.63, 3.8) is 0 Å². The third kappa shape index (κ3) is 5.53. The van der Waals surface area contributed by atoms with Crippen LogP contribution in [0.1, 0.15) is 0 Å². The van der Waals surface area contributed by atoms with Crippen molar-refractivity contribution in [3.05, 3.63) is 64.3 Å². The molecule has 0 saturated carbocycles. The van der Waals surface area contributed by atoms with Crippen LogP contribution in [0.4, 0.5) is 11.4 Å². The number of halogens is 3. The van der Waals surface area contributed by atoms with Crippen molar-refractivity contribution in [1.29, 1.82) is 0 Å². The molecule has 0 fully saturated rings. The van der Waals surface area contributed by atoms with E-state index < -0.39 is 9.22 Å². The van der Waals surface area contributed by atoms with E-state index >= 15 is 0 Å². The zero-order valence-corrected chi connectivity index (χ0v) is 16.6. The number of nitro benzene ring substituents is 1. The van der Waals surface area contributed by atoms with Crippen LogP contribution in [0, 0.1) is 10.1 Å². The lowest BCUT2D eigenvalue weighted by molar-refractivity contribution is -0.384. The van der Waals surface area contributed by atoms with Crippen LogP contribution in [0.3, 0.4) is 0 Å². The molecule has 11 heteroatoms. The molecule has 0 amide bonds. The minimum atomic E-state index is -0.750. The molecule has 8 nitrogen and oxygen atoms in total. The molecule has 3 rings (SSSR count). The summed E-state index contributed by atoms with van der Waals surface area (Å²) in [5, 5.41) is 22.5. The molecule has 0 aliphatic heterocycles. The average Bonchev–Trinajstić information content (AvgIpc) is 2.87. The van der Waals surface area contributed by atoms with Crippen molar-refractivity contribution in [2.24, 2.45) is 29.5 Å². The zero-order chi connectivity index (χ0) is 20.0. The van der Waals surface area contributed by atoms with E-state index in [2.05, 4.69) is 15.4 Å². The molecular formula is C16H15Cl3N6O2. The summed E-state index contributed by atoms with van der Waals surface area (Å²) in [4.78, 5) is 10.1. The van der Waals surface area contributed by atoms with Crippen LogP contribution in [0.25, 0.3) is 11.0 Å². The van der Waals surface area contributed by atoms with Gasteiger partial charge in [0.1, 0.15) is 0 Å². The van der Waals surface area contributed by atoms with Crippen molar-refractivity contribution in [2.75, 3.05) is 0 Å². The largest absolute Gasteiger partial charge is 0.312 e. The number of rotatable bonds is 3. The van der Waals surface area contributed by atoms with Gasteiger partial charge >= 0.3 is 0 Å². The molecule has 0 radical (unpaired) electrons. The summed E-state index contributed by atoms with van der Waals surface area (Å²) in [6, 6.07) is 13.7. The highest BCUT2D eigenvalue weighted by atomic mass is 35.6. The van der Waals surface area contributed by atoms with Gasteiger partial charge in [-0.1, -0.05) is 52.0 Å². The quantitative estimate of drug-likeness (QED) is 0.253. The van der Waals surface area contributed by atoms with E-state index in [0.717, 1.165) is 11.0 Å². The van der Waals surface area contributed by atoms with Gasteiger partial charge in [0.2, 0.25) is 5.62 Å². The molecule has 27 heavy (non-hydrogen) atoms. The van der Waals surface area contributed by atoms with Gasteiger partial charge in [0, 0.05) is 26.2 Å². The second kappa shape index (κ2) is 9.50. The van der Waals surface area contributed by atoms with Crippen molar-refractivity contribution >= 4 is 57.2 Å². The molecule has 0 aliphatic rings. The first-order valence-corrected chi connectivity index (χ1v) is 8.84. The fourth-order valence-electron chi connectivity index (χ4n) is 2.36. The van der Waals surface area contributed by atoms with Gasteiger partial charge in [-0.05, 0) is 29.5 Å². The number of aryl methyl sites for hydroxylation is 2. The van der Waals surface area contributed by atoms with E-state index in [4.69, 9.17) is 34.8 Å². The van der Waals surface area contributed by atoms with Gasteiger partial charge in [-0.25, -0.2) is 0 Å². The van der Waals surface area contributed by atoms with Crippen molar-refractivity contribution in [2.45, 2.75) is 4.30 Å². The molecule has 1 aromatic heterocycles. The van der Waals surface area contributed by atoms with Crippen LogP contribution in [0.15, 0.2) is 64.0 Å². The predicted molar refractivity (Wildman–Crippen MR) is 106 cm³/mol. The van der Waals surface area contributed by atoms with E-state index in [1.165, 1.54) is 24.3 Å². The average molecular weight is 430 g/mol. The van der Waals surface area contributed by atoms with Gasteiger partial charge in [0.25, 0.3) is 5.69 Å². The van der Waals surface area contributed by atoms with Gasteiger partial charge < -0.3 is 9.13 Å². The molecule has 0 atom stereocenters. The maximum atomic E-state index is 10.6. The van der Waals surface area contributed by atoms with Crippen molar-refractivity contribution in [1.82, 2.24) is 9.13 Å². The van der Waals surface area contributed by atoms with Gasteiger partial charge in [-0.2, -0.15) is 0 Å². The van der Waals surface area contributed by atoms with E-state index in [9.17, 15) is 10.1 Å². The molecule has 0 bridgehead atoms. The Bertz CT molecular complexity index is 980. The zero-order valence-electron chi connectivity index (χ0n) is 14.3. The molecule has 142 valence electrons. The van der Waals surface area contributed by atoms with Gasteiger partial charge in [0.15, 0.2) is 4.30 Å². The van der Waals surface area contributed by atoms with Crippen LogP contribution in [0.2, 0.25) is 0 Å². The van der Waals surface area contributed by atoms with E-state index in [1.807, 2.05) is 47.5 Å². The topological polar surface area (TPSA) is 90.1 Å². The number of nitrogens with zero attached hydrogens (tertiary/aromatic N) is 6. The summed E-state index contributed by atoms with van der Waals surface area (Å²) >= 11 is 14.4. The maximum Gasteiger partial charge on any atom is 0.269 e. The molecule has 1 heterocycles. The Morgan fingerprint density at radius 1 is 0.963 bits per heavy atom. The molecule has 3 aromatic rings. The standard InChI is InChI=1S/C15H14N6O2.CHCl3/c1-19-13-5-3-4-6-14(13)20(2)15(19)17-18-16-11-7-9-12(10-8-11)21(22)23;2-1(3)4/h3-10H,1-2H3;1H. The van der Waals surface area contributed by atoms with Crippen LogP contribution in [-0.4, -0.2) is 18.4 Å². The number of hydrogen-bond donors (Lipinski definition) is 0. The third-order valence-electron chi connectivity index (χ3n) is 3.56. The summed E-state index contributed by atoms with van der Waals surface area (Å²) in [5.41, 5.74) is 3.25. The van der Waals surface area contributed by atoms with Crippen LogP contribution in [0.5, 0.6) is 0 Å². The molecule has 0 saturated heterocycles. The Hall–Kier alpha value is -2.42. The van der Waals surface area contributed by atoms with E-state index in [0.29, 0.717) is 11.3 Å². The maximum absolute atomic E-state index is 10.6. The summed E-state index contributed by atoms with van der Waals surface area (Å²) in [5.74, 6) is 0. The Morgan fingerprint density at radius 3 is 1.89 bits per heavy atom. The number of alkyl halides is 3. The number of nitro groups is 1. The Balaban J connectivity index is 0.000000596. The van der Waals surface area contributed by atoms with Gasteiger partial charge in [-0.3, -0.25) is 10.1 Å². The molecule has 2 aromatic carbocycles. The highest BCUT2D eigenvalue weighted by molar-refractivity contribution is 6.63. The summed E-state index contributed by atoms with van der Waals surface area (Å²) in [7, 11) is 3.81. The van der Waals surface area contributed by atoms with Gasteiger partial charge in [-0.15, -0.1) is 5.11 Å². The summed E-state index contributed by atoms with van der Waals surface area (Å²) < 4.78 is 3.09. The first-order valence-electron chi connectivity index (χ1n) is 7.53. The monoisotopic (exact) mass is 428 g/mol. The van der Waals surface area contributed by atoms with Gasteiger partial charge in [0.05, 0.1) is 21.6 Å². The second-order valence-corrected chi connectivity index (χ2v) is 7.20. The smallest absolute Gasteiger partial charge is 0.269 e. The Kier molecular flexibility index (Phi) is 7.35. The van der Waals surface area contributed by atoms with Crippen LogP contribution >= 0.6 is 34.8 Å². The summed E-state index contributed by atoms with van der Waals surface area (Å²) in [6.45, 7) is 0. The fourth-order valence-corrected chi connectivity index (χ4v) is 2.36. The Morgan fingerprint density at radius 2 is 1.44 bits per heavy atom. The number of hydrogen-bond acceptors (Lipinski definition) is 4. The molecular weight excluding hydrogens is 415 g/mol. The highest BCUT2D eigenvalue weighted by Gasteiger charge is 2.05. The molecule has 0 aliphatic carbocycles. The molecule has 0 spiro atoms. The number of non-ortho nitro benzene ring substituents is 1. The van der Waals surface area contributed by atoms with E-state index in [1.54, 1.807) is 0 Å². The Labute approximate surface area is 169 Å². The SMILES string of the molecule is ClC(Cl)Cl.Cn1c(=NN=Nc2ccc([N+](=O)[O-])cc2)n(C)c2ccccc21. The minimum Gasteiger partial charge on any atom is -0.312 e. The number of imidazole rings is 1. The number of para-hydroxylation sites is 2. The van der Waals surface area contributed by atoms with E-state index in [-0.39, 0.29) is 5.69 Å². The van der Waals surface area contributed by atoms with Crippen molar-refractivity contribution in [3.8, 4) is 0 Å². The lowest BCUT2D eigenvalue weighted by Crippen LogP contribution is -2.21. The van der Waals surface area contributed by atoms with Crippen LogP contribution in [-0.2, 0) is 14.1 Å². The summed E-state index contributed by atoms with van der Waals surface area (Å²) in [6.07, 6.45) is 0. The van der Waals surface area contributed by atoms with Crippen LogP contribution < -0.4 is 5.62 Å². The normalized spacial score (nSPS) is 10.9. The minimum absolute atomic E-state index is 0.0148. The fraction of sp³-hybridized carbons (Fsp3) is 0.188.